The quantitative estimate of drug-likeness (QED) is 0.714. The number of carbonyl (C=O) groups is 1. The number of hydrogen-bond acceptors (Lipinski definition) is 4. The van der Waals surface area contributed by atoms with Gasteiger partial charge < -0.3 is 10.1 Å². The van der Waals surface area contributed by atoms with Crippen molar-refractivity contribution in [2.45, 2.75) is 26.2 Å². The molecule has 0 bridgehead atoms. The van der Waals surface area contributed by atoms with Crippen LogP contribution in [0.1, 0.15) is 24.6 Å². The van der Waals surface area contributed by atoms with E-state index in [4.69, 9.17) is 0 Å². The monoisotopic (exact) mass is 193 g/mol. The van der Waals surface area contributed by atoms with Crippen LogP contribution in [0.25, 0.3) is 0 Å². The number of rotatable bonds is 5. The average molecular weight is 193 g/mol. The summed E-state index contributed by atoms with van der Waals surface area (Å²) < 4.78 is 0. The van der Waals surface area contributed by atoms with Crippen LogP contribution in [0.4, 0.5) is 5.82 Å². The van der Waals surface area contributed by atoms with Gasteiger partial charge in [0.15, 0.2) is 0 Å². The Bertz CT molecular complexity index is 312. The number of aldehydes is 1. The lowest BCUT2D eigenvalue weighted by Crippen LogP contribution is -2.06. The van der Waals surface area contributed by atoms with Gasteiger partial charge in [-0.3, -0.25) is 0 Å². The van der Waals surface area contributed by atoms with Crippen LogP contribution < -0.4 is 5.32 Å². The lowest BCUT2D eigenvalue weighted by molar-refractivity contribution is -0.107. The molecule has 0 atom stereocenters. The third kappa shape index (κ3) is 2.28. The first-order valence-corrected chi connectivity index (χ1v) is 4.77. The van der Waals surface area contributed by atoms with Gasteiger partial charge in [-0.2, -0.15) is 0 Å². The lowest BCUT2D eigenvalue weighted by Gasteiger charge is -2.09. The van der Waals surface area contributed by atoms with E-state index in [-0.39, 0.29) is 0 Å². The molecule has 1 aromatic heterocycles. The van der Waals surface area contributed by atoms with Crippen molar-refractivity contribution in [3.8, 4) is 0 Å². The molecule has 0 amide bonds. The van der Waals surface area contributed by atoms with Gasteiger partial charge in [-0.15, -0.1) is 0 Å². The molecule has 4 heteroatoms. The molecule has 0 aliphatic carbocycles. The van der Waals surface area contributed by atoms with Crippen LogP contribution in [0.2, 0.25) is 0 Å². The highest BCUT2D eigenvalue weighted by Gasteiger charge is 2.08. The van der Waals surface area contributed by atoms with Crippen molar-refractivity contribution in [2.24, 2.45) is 0 Å². The van der Waals surface area contributed by atoms with Crippen molar-refractivity contribution in [1.82, 2.24) is 9.97 Å². The van der Waals surface area contributed by atoms with E-state index >= 15 is 0 Å². The molecule has 1 heterocycles. The normalized spacial score (nSPS) is 9.86. The molecule has 0 aliphatic rings. The summed E-state index contributed by atoms with van der Waals surface area (Å²) in [6.07, 6.45) is 4.71. The van der Waals surface area contributed by atoms with Gasteiger partial charge in [-0.25, -0.2) is 9.97 Å². The molecule has 0 spiro atoms. The summed E-state index contributed by atoms with van der Waals surface area (Å²) in [6.45, 7) is 2.09. The van der Waals surface area contributed by atoms with E-state index in [0.717, 1.165) is 36.2 Å². The zero-order valence-electron chi connectivity index (χ0n) is 8.58. The molecule has 0 aliphatic heterocycles. The Morgan fingerprint density at radius 2 is 2.29 bits per heavy atom. The number of aromatic nitrogens is 2. The first kappa shape index (κ1) is 10.6. The summed E-state index contributed by atoms with van der Waals surface area (Å²) >= 11 is 0. The zero-order chi connectivity index (χ0) is 10.4. The van der Waals surface area contributed by atoms with Gasteiger partial charge in [0, 0.05) is 24.7 Å². The minimum absolute atomic E-state index is 0.381. The van der Waals surface area contributed by atoms with Crippen molar-refractivity contribution in [1.29, 1.82) is 0 Å². The highest BCUT2D eigenvalue weighted by molar-refractivity contribution is 5.61. The predicted octanol–water partition coefficient (Wildman–Crippen LogP) is 1.21. The Morgan fingerprint density at radius 3 is 2.86 bits per heavy atom. The first-order valence-electron chi connectivity index (χ1n) is 4.77. The Hall–Kier alpha value is -1.45. The molecule has 0 saturated heterocycles. The molecule has 0 unspecified atom stereocenters. The number of hydrogen-bond donors (Lipinski definition) is 1. The minimum Gasteiger partial charge on any atom is -0.373 e. The highest BCUT2D eigenvalue weighted by Crippen LogP contribution is 2.15. The Labute approximate surface area is 83.8 Å². The minimum atomic E-state index is 0.381. The van der Waals surface area contributed by atoms with E-state index in [1.165, 1.54) is 6.33 Å². The summed E-state index contributed by atoms with van der Waals surface area (Å²) in [4.78, 5) is 18.8. The van der Waals surface area contributed by atoms with E-state index in [1.807, 2.05) is 0 Å². The second-order valence-corrected chi connectivity index (χ2v) is 3.02. The smallest absolute Gasteiger partial charge is 0.133 e. The fraction of sp³-hybridized carbons (Fsp3) is 0.500. The second-order valence-electron chi connectivity index (χ2n) is 3.02. The maximum atomic E-state index is 10.5. The molecule has 1 N–H and O–H groups in total. The van der Waals surface area contributed by atoms with Gasteiger partial charge in [0.25, 0.3) is 0 Å². The number of aryl methyl sites for hydroxylation is 1. The molecule has 76 valence electrons. The van der Waals surface area contributed by atoms with Crippen LogP contribution in [0.15, 0.2) is 6.33 Å². The van der Waals surface area contributed by atoms with E-state index in [0.29, 0.717) is 6.42 Å². The standard InChI is InChI=1S/C10H15N3O/c1-3-4-9-8(5-6-14)10(11-2)13-7-12-9/h6-7H,3-5H2,1-2H3,(H,11,12,13). The van der Waals surface area contributed by atoms with E-state index in [2.05, 4.69) is 22.2 Å². The third-order valence-corrected chi connectivity index (χ3v) is 2.05. The van der Waals surface area contributed by atoms with Crippen LogP contribution in [-0.2, 0) is 17.6 Å². The van der Waals surface area contributed by atoms with Gasteiger partial charge in [0.05, 0.1) is 0 Å². The summed E-state index contributed by atoms with van der Waals surface area (Å²) in [5.41, 5.74) is 1.89. The zero-order valence-corrected chi connectivity index (χ0v) is 8.58. The fourth-order valence-electron chi connectivity index (χ4n) is 1.41. The molecule has 1 rings (SSSR count). The van der Waals surface area contributed by atoms with E-state index in [9.17, 15) is 4.79 Å². The molecule has 0 radical (unpaired) electrons. The summed E-state index contributed by atoms with van der Waals surface area (Å²) in [5, 5.41) is 2.97. The maximum Gasteiger partial charge on any atom is 0.133 e. The van der Waals surface area contributed by atoms with Crippen molar-refractivity contribution >= 4 is 12.1 Å². The SMILES string of the molecule is CCCc1ncnc(NC)c1CC=O. The van der Waals surface area contributed by atoms with E-state index < -0.39 is 0 Å². The Balaban J connectivity index is 3.06. The molecular formula is C10H15N3O. The number of nitrogens with zero attached hydrogens (tertiary/aromatic N) is 2. The molecule has 4 nitrogen and oxygen atoms in total. The summed E-state index contributed by atoms with van der Waals surface area (Å²) in [6, 6.07) is 0. The molecule has 0 aromatic carbocycles. The van der Waals surface area contributed by atoms with Crippen LogP contribution in [-0.4, -0.2) is 23.3 Å². The average Bonchev–Trinajstić information content (AvgIpc) is 2.21. The van der Waals surface area contributed by atoms with Crippen molar-refractivity contribution in [3.63, 3.8) is 0 Å². The summed E-state index contributed by atoms with van der Waals surface area (Å²) in [5.74, 6) is 0.760. The Kier molecular flexibility index (Phi) is 4.04. The lowest BCUT2D eigenvalue weighted by atomic mass is 10.1. The topological polar surface area (TPSA) is 54.9 Å². The number of nitrogens with one attached hydrogen (secondary N) is 1. The van der Waals surface area contributed by atoms with Crippen LogP contribution in [0, 0.1) is 0 Å². The molecule has 1 aromatic rings. The van der Waals surface area contributed by atoms with Gasteiger partial charge in [0.1, 0.15) is 18.4 Å². The van der Waals surface area contributed by atoms with Crippen molar-refractivity contribution < 1.29 is 4.79 Å². The first-order chi connectivity index (χ1) is 6.83. The van der Waals surface area contributed by atoms with Crippen LogP contribution in [0.3, 0.4) is 0 Å². The number of carbonyl (C=O) groups excluding carboxylic acids is 1. The molecule has 0 saturated carbocycles. The van der Waals surface area contributed by atoms with Crippen LogP contribution >= 0.6 is 0 Å². The largest absolute Gasteiger partial charge is 0.373 e. The number of anilines is 1. The second kappa shape index (κ2) is 5.32. The fourth-order valence-corrected chi connectivity index (χ4v) is 1.41. The van der Waals surface area contributed by atoms with Gasteiger partial charge in [0.2, 0.25) is 0 Å². The predicted molar refractivity (Wildman–Crippen MR) is 55.3 cm³/mol. The van der Waals surface area contributed by atoms with Gasteiger partial charge >= 0.3 is 0 Å². The molecule has 14 heavy (non-hydrogen) atoms. The maximum absolute atomic E-state index is 10.5. The molecule has 0 fully saturated rings. The van der Waals surface area contributed by atoms with Crippen LogP contribution in [0.5, 0.6) is 0 Å². The molecular weight excluding hydrogens is 178 g/mol. The summed E-state index contributed by atoms with van der Waals surface area (Å²) in [7, 11) is 1.80. The third-order valence-electron chi connectivity index (χ3n) is 2.05. The van der Waals surface area contributed by atoms with Gasteiger partial charge in [-0.1, -0.05) is 13.3 Å². The van der Waals surface area contributed by atoms with Crippen molar-refractivity contribution in [2.75, 3.05) is 12.4 Å². The van der Waals surface area contributed by atoms with E-state index in [1.54, 1.807) is 7.05 Å². The van der Waals surface area contributed by atoms with Crippen molar-refractivity contribution in [3.05, 3.63) is 17.6 Å². The Morgan fingerprint density at radius 1 is 1.50 bits per heavy atom. The van der Waals surface area contributed by atoms with Gasteiger partial charge in [-0.05, 0) is 6.42 Å². The highest BCUT2D eigenvalue weighted by atomic mass is 16.1.